The molecule has 0 saturated heterocycles. The monoisotopic (exact) mass is 278 g/mol. The summed E-state index contributed by atoms with van der Waals surface area (Å²) in [6.45, 7) is 4.56. The number of hydrogen-bond acceptors (Lipinski definition) is 3. The van der Waals surface area contributed by atoms with Gasteiger partial charge in [0.1, 0.15) is 0 Å². The van der Waals surface area contributed by atoms with Crippen molar-refractivity contribution in [3.63, 3.8) is 0 Å². The van der Waals surface area contributed by atoms with Gasteiger partial charge in [0.2, 0.25) is 0 Å². The summed E-state index contributed by atoms with van der Waals surface area (Å²) in [5.41, 5.74) is 0. The lowest BCUT2D eigenvalue weighted by Gasteiger charge is -2.26. The van der Waals surface area contributed by atoms with E-state index in [9.17, 15) is 9.46 Å². The molecule has 0 radical (unpaired) electrons. The van der Waals surface area contributed by atoms with Crippen LogP contribution in [0.1, 0.15) is 58.8 Å². The molecule has 0 heterocycles. The van der Waals surface area contributed by atoms with Crippen LogP contribution in [0.5, 0.6) is 0 Å². The van der Waals surface area contributed by atoms with Crippen LogP contribution in [-0.2, 0) is 13.6 Å². The third-order valence-electron chi connectivity index (χ3n) is 4.11. The molecule has 108 valence electrons. The predicted molar refractivity (Wildman–Crippen MR) is 72.4 cm³/mol. The summed E-state index contributed by atoms with van der Waals surface area (Å²) in [5, 5.41) is 0. The molecular formula is C13H27O4P. The highest BCUT2D eigenvalue weighted by molar-refractivity contribution is 7.47. The molecule has 1 aliphatic carbocycles. The first-order valence-corrected chi connectivity index (χ1v) is 8.51. The normalized spacial score (nSPS) is 34.8. The lowest BCUT2D eigenvalue weighted by Crippen LogP contribution is -2.17. The minimum absolute atomic E-state index is 0.145. The molecule has 18 heavy (non-hydrogen) atoms. The molecule has 4 nitrogen and oxygen atoms in total. The van der Waals surface area contributed by atoms with Crippen LogP contribution < -0.4 is 0 Å². The second-order valence-electron chi connectivity index (χ2n) is 5.55. The van der Waals surface area contributed by atoms with Crippen LogP contribution in [0.2, 0.25) is 0 Å². The molecule has 1 N–H and O–H groups in total. The molecule has 1 rings (SSSR count). The van der Waals surface area contributed by atoms with Crippen molar-refractivity contribution in [3.05, 3.63) is 0 Å². The number of phosphoric acid groups is 1. The van der Waals surface area contributed by atoms with Gasteiger partial charge < -0.3 is 4.89 Å². The minimum Gasteiger partial charge on any atom is -0.302 e. The Morgan fingerprint density at radius 2 is 1.61 bits per heavy atom. The highest BCUT2D eigenvalue weighted by Crippen LogP contribution is 2.45. The molecule has 0 aromatic carbocycles. The molecular weight excluding hydrogens is 251 g/mol. The van der Waals surface area contributed by atoms with Gasteiger partial charge in [-0.1, -0.05) is 39.5 Å². The van der Waals surface area contributed by atoms with Crippen molar-refractivity contribution in [3.8, 4) is 0 Å². The SMILES string of the molecule is COP(=O)(O)OC1CCCCCC(C)C(C)CC1. The minimum atomic E-state index is -3.84. The van der Waals surface area contributed by atoms with Crippen LogP contribution in [0.3, 0.4) is 0 Å². The lowest BCUT2D eigenvalue weighted by molar-refractivity contribution is 0.0962. The summed E-state index contributed by atoms with van der Waals surface area (Å²) in [5.74, 6) is 1.38. The smallest absolute Gasteiger partial charge is 0.302 e. The second-order valence-corrected chi connectivity index (χ2v) is 7.06. The van der Waals surface area contributed by atoms with E-state index < -0.39 is 7.82 Å². The van der Waals surface area contributed by atoms with Crippen molar-refractivity contribution < 1.29 is 18.5 Å². The molecule has 1 aliphatic rings. The molecule has 4 unspecified atom stereocenters. The summed E-state index contributed by atoms with van der Waals surface area (Å²) in [6.07, 6.45) is 7.40. The van der Waals surface area contributed by atoms with Gasteiger partial charge in [-0.2, -0.15) is 0 Å². The average molecular weight is 278 g/mol. The van der Waals surface area contributed by atoms with Crippen molar-refractivity contribution in [2.45, 2.75) is 64.9 Å². The highest BCUT2D eigenvalue weighted by atomic mass is 31.2. The molecule has 0 amide bonds. The lowest BCUT2D eigenvalue weighted by atomic mass is 9.85. The van der Waals surface area contributed by atoms with Gasteiger partial charge in [0.25, 0.3) is 0 Å². The zero-order valence-corrected chi connectivity index (χ0v) is 12.7. The van der Waals surface area contributed by atoms with E-state index in [1.807, 2.05) is 0 Å². The number of hydrogen-bond donors (Lipinski definition) is 1. The molecule has 5 heteroatoms. The first-order chi connectivity index (χ1) is 8.44. The third-order valence-corrected chi connectivity index (χ3v) is 5.14. The van der Waals surface area contributed by atoms with Crippen LogP contribution in [0, 0.1) is 11.8 Å². The Hall–Kier alpha value is 0.110. The summed E-state index contributed by atoms with van der Waals surface area (Å²) in [7, 11) is -2.62. The van der Waals surface area contributed by atoms with Gasteiger partial charge in [-0.25, -0.2) is 4.57 Å². The topological polar surface area (TPSA) is 55.8 Å². The van der Waals surface area contributed by atoms with Gasteiger partial charge in [0.05, 0.1) is 6.10 Å². The highest BCUT2D eigenvalue weighted by Gasteiger charge is 2.26. The fraction of sp³-hybridized carbons (Fsp3) is 1.00. The Kier molecular flexibility index (Phi) is 6.86. The molecule has 0 spiro atoms. The molecule has 1 saturated carbocycles. The summed E-state index contributed by atoms with van der Waals surface area (Å²) in [6, 6.07) is 0. The summed E-state index contributed by atoms with van der Waals surface area (Å²) in [4.78, 5) is 9.39. The molecule has 0 aromatic heterocycles. The van der Waals surface area contributed by atoms with E-state index in [2.05, 4.69) is 18.4 Å². The Balaban J connectivity index is 2.53. The average Bonchev–Trinajstić information content (AvgIpc) is 2.33. The van der Waals surface area contributed by atoms with Gasteiger partial charge in [0.15, 0.2) is 0 Å². The Morgan fingerprint density at radius 1 is 1.00 bits per heavy atom. The summed E-state index contributed by atoms with van der Waals surface area (Å²) >= 11 is 0. The maximum absolute atomic E-state index is 11.5. The quantitative estimate of drug-likeness (QED) is 0.788. The van der Waals surface area contributed by atoms with E-state index in [0.29, 0.717) is 5.92 Å². The van der Waals surface area contributed by atoms with E-state index in [0.717, 1.165) is 31.6 Å². The van der Waals surface area contributed by atoms with Gasteiger partial charge in [-0.3, -0.25) is 9.05 Å². The van der Waals surface area contributed by atoms with Gasteiger partial charge in [0, 0.05) is 7.11 Å². The van der Waals surface area contributed by atoms with Gasteiger partial charge in [-0.05, 0) is 31.1 Å². The number of phosphoric ester groups is 1. The van der Waals surface area contributed by atoms with Crippen LogP contribution in [0.4, 0.5) is 0 Å². The van der Waals surface area contributed by atoms with Crippen molar-refractivity contribution in [1.82, 2.24) is 0 Å². The van der Waals surface area contributed by atoms with Crippen LogP contribution in [-0.4, -0.2) is 18.1 Å². The maximum atomic E-state index is 11.5. The first kappa shape index (κ1) is 16.2. The molecule has 4 atom stereocenters. The molecule has 0 aliphatic heterocycles. The Morgan fingerprint density at radius 3 is 2.28 bits per heavy atom. The fourth-order valence-corrected chi connectivity index (χ4v) is 3.19. The maximum Gasteiger partial charge on any atom is 0.472 e. The van der Waals surface area contributed by atoms with Gasteiger partial charge in [-0.15, -0.1) is 0 Å². The van der Waals surface area contributed by atoms with Crippen molar-refractivity contribution >= 4 is 7.82 Å². The largest absolute Gasteiger partial charge is 0.472 e. The third kappa shape index (κ3) is 5.83. The standard InChI is InChI=1S/C13H27O4P/c1-11-7-5-4-6-8-13(10-9-12(11)2)17-18(14,15)16-3/h11-13H,4-10H2,1-3H3,(H,14,15). The van der Waals surface area contributed by atoms with E-state index in [4.69, 9.17) is 4.52 Å². The second kappa shape index (κ2) is 7.64. The van der Waals surface area contributed by atoms with E-state index in [1.165, 1.54) is 26.4 Å². The van der Waals surface area contributed by atoms with Crippen molar-refractivity contribution in [2.75, 3.05) is 7.11 Å². The van der Waals surface area contributed by atoms with Crippen LogP contribution >= 0.6 is 7.82 Å². The van der Waals surface area contributed by atoms with Crippen molar-refractivity contribution in [2.24, 2.45) is 11.8 Å². The van der Waals surface area contributed by atoms with E-state index in [1.54, 1.807) is 0 Å². The van der Waals surface area contributed by atoms with Crippen LogP contribution in [0.25, 0.3) is 0 Å². The molecule has 0 bridgehead atoms. The summed E-state index contributed by atoms with van der Waals surface area (Å²) < 4.78 is 21.2. The molecule has 1 fully saturated rings. The Bertz CT molecular complexity index is 282. The molecule has 0 aromatic rings. The van der Waals surface area contributed by atoms with Crippen molar-refractivity contribution in [1.29, 1.82) is 0 Å². The number of rotatable bonds is 3. The van der Waals surface area contributed by atoms with E-state index >= 15 is 0 Å². The first-order valence-electron chi connectivity index (χ1n) is 7.01. The van der Waals surface area contributed by atoms with E-state index in [-0.39, 0.29) is 6.10 Å². The van der Waals surface area contributed by atoms with Crippen LogP contribution in [0.15, 0.2) is 0 Å². The predicted octanol–water partition coefficient (Wildman–Crippen LogP) is 4.13. The fourth-order valence-electron chi connectivity index (χ4n) is 2.51. The van der Waals surface area contributed by atoms with Gasteiger partial charge >= 0.3 is 7.82 Å². The zero-order chi connectivity index (χ0) is 13.6. The Labute approximate surface area is 111 Å². The zero-order valence-electron chi connectivity index (χ0n) is 11.8.